The van der Waals surface area contributed by atoms with Gasteiger partial charge in [0.15, 0.2) is 0 Å². The van der Waals surface area contributed by atoms with Crippen molar-refractivity contribution in [2.24, 2.45) is 0 Å². The van der Waals surface area contributed by atoms with E-state index in [1.165, 1.54) is 0 Å². The van der Waals surface area contributed by atoms with Gasteiger partial charge < -0.3 is 0 Å². The van der Waals surface area contributed by atoms with Gasteiger partial charge in [0.1, 0.15) is 0 Å². The quantitative estimate of drug-likeness (QED) is 0.0421. The van der Waals surface area contributed by atoms with Crippen molar-refractivity contribution in [3.8, 4) is 0 Å². The predicted molar refractivity (Wildman–Crippen MR) is 651 cm³/mol. The van der Waals surface area contributed by atoms with Crippen LogP contribution in [0.15, 0.2) is 0 Å². The van der Waals surface area contributed by atoms with Gasteiger partial charge in [-0.3, -0.25) is 7.56 Å². The highest BCUT2D eigenvalue weighted by molar-refractivity contribution is 8.65. The standard InChI is InChI=1S/B112P/c1-58-87(59(2)3)101(86(56)57)108(100(84(52)53)85(54)55)112(109(102(88(60(4)5)61(6)7)89(62(8)9)63(10)11)103(90(64(12)13)65(14)15)91(66(16)17)67(18)19)113(110(104(92(68(20)21)69(22)23)93(70(24)25)71(26)27)105(94(72(28)29)73(30)31)95(74(32)33)75(34)35)111(106(96(76(36)37)77(38)39)97(78(40)41)79(42)43)107(98(80(44)45)81(46)47)99(82(48)49)83(50)51. The summed E-state index contributed by atoms with van der Waals surface area (Å²) >= 11 is 0. The zero-order chi connectivity index (χ0) is 89.5. The van der Waals surface area contributed by atoms with E-state index in [2.05, 4.69) is 0 Å². The van der Waals surface area contributed by atoms with Crippen LogP contribution in [-0.4, -0.2) is 792 Å². The minimum absolute atomic E-state index is 0.987. The molecular formula is B112P. The fourth-order valence-electron chi connectivity index (χ4n) is 19.7. The van der Waals surface area contributed by atoms with Crippen LogP contribution in [-0.2, 0) is 0 Å². The smallest absolute Gasteiger partial charge is 0.0527 e. The van der Waals surface area contributed by atoms with Crippen LogP contribution in [0.5, 0.6) is 0 Å². The second kappa shape index (κ2) is 55.9. The molecule has 0 heterocycles. The van der Waals surface area contributed by atoms with Crippen LogP contribution < -0.4 is 0 Å². The zero-order valence-corrected chi connectivity index (χ0v) is 66.0. The van der Waals surface area contributed by atoms with Crippen molar-refractivity contribution in [3.05, 3.63) is 0 Å². The van der Waals surface area contributed by atoms with Crippen LogP contribution in [0.3, 0.4) is 0 Å². The van der Waals surface area contributed by atoms with E-state index in [1.807, 2.05) is 0 Å². The third-order valence-corrected chi connectivity index (χ3v) is 27.8. The summed E-state index contributed by atoms with van der Waals surface area (Å²) in [5, 5.41) is 0. The molecule has 0 aromatic carbocycles. The summed E-state index contributed by atoms with van der Waals surface area (Å²) in [5.74, 6) is 0. The van der Waals surface area contributed by atoms with E-state index >= 15 is 0 Å². The average Bonchev–Trinajstić information content (AvgIpc) is 0.704. The zero-order valence-electron chi connectivity index (χ0n) is 65.1. The Morgan fingerprint density at radius 2 is 0.195 bits per heavy atom. The third-order valence-electron chi connectivity index (χ3n) is 23.6. The lowest BCUT2D eigenvalue weighted by Gasteiger charge is -2.65. The van der Waals surface area contributed by atoms with Crippen molar-refractivity contribution in [2.75, 3.05) is 0 Å². The molecule has 0 bridgehead atoms. The van der Waals surface area contributed by atoms with Gasteiger partial charge in [0, 0.05) is 774 Å². The summed E-state index contributed by atoms with van der Waals surface area (Å²) in [5.41, 5.74) is 0. The second-order valence-electron chi connectivity index (χ2n) is 31.6. The minimum atomic E-state index is -4.05. The first kappa shape index (κ1) is 121. The molecule has 0 aliphatic rings. The van der Waals surface area contributed by atoms with E-state index < -0.39 is 352 Å². The molecule has 0 aliphatic heterocycles. The molecule has 0 spiro atoms. The first-order valence-corrected chi connectivity index (χ1v) is 38.7. The molecule has 0 aliphatic carbocycles. The predicted octanol–water partition coefficient (Wildman–Crippen LogP) is -41.8. The molecule has 115 radical (unpaired) electrons. The number of hydrogen-bond acceptors (Lipinski definition) is 0. The molecule has 341 valence electrons. The van der Waals surface area contributed by atoms with Gasteiger partial charge in [0.05, 0.1) is 18.6 Å². The highest BCUT2D eigenvalue weighted by Crippen LogP contribution is 2.54. The van der Waals surface area contributed by atoms with Gasteiger partial charge >= 0.3 is 0 Å². The maximum absolute atomic E-state index is 7.50. The van der Waals surface area contributed by atoms with Crippen LogP contribution in [0, 0.1) is 0 Å². The van der Waals surface area contributed by atoms with E-state index in [0.29, 0.717) is 0 Å². The summed E-state index contributed by atoms with van der Waals surface area (Å²) in [4.78, 5) is 0. The summed E-state index contributed by atoms with van der Waals surface area (Å²) in [6.07, 6.45) is -108. The summed E-state index contributed by atoms with van der Waals surface area (Å²) < 4.78 is 0. The van der Waals surface area contributed by atoms with E-state index in [9.17, 15) is 0 Å². The van der Waals surface area contributed by atoms with Crippen LogP contribution >= 0.6 is 7.56 Å². The van der Waals surface area contributed by atoms with Crippen molar-refractivity contribution in [1.82, 2.24) is 0 Å². The Labute approximate surface area is 791 Å². The minimum Gasteiger partial charge on any atom is -0.253 e. The molecule has 0 amide bonds. The Morgan fingerprint density at radius 3 is 0.283 bits per heavy atom. The topological polar surface area (TPSA) is 0 Å². The van der Waals surface area contributed by atoms with Gasteiger partial charge in [-0.1, -0.05) is 0 Å². The van der Waals surface area contributed by atoms with Crippen molar-refractivity contribution >= 4 is 800 Å². The molecule has 0 fully saturated rings. The van der Waals surface area contributed by atoms with Crippen LogP contribution in [0.25, 0.3) is 0 Å². The second-order valence-corrected chi connectivity index (χ2v) is 34.2. The normalized spacial score (nSPS) is 9.92. The first-order valence-electron chi connectivity index (χ1n) is 37.1. The molecule has 0 unspecified atom stereocenters. The molecule has 0 saturated carbocycles. The van der Waals surface area contributed by atoms with Crippen LogP contribution in [0.1, 0.15) is 0 Å². The monoisotopic (exact) mass is 1260 g/mol. The van der Waals surface area contributed by atoms with Gasteiger partial charge in [-0.25, -0.2) is 0 Å². The lowest BCUT2D eigenvalue weighted by atomic mass is 8.29. The number of rotatable bonds is 55. The van der Waals surface area contributed by atoms with Gasteiger partial charge in [-0.05, 0) is 0 Å². The largest absolute Gasteiger partial charge is 0.253 e. The van der Waals surface area contributed by atoms with Gasteiger partial charge in [-0.15, -0.1) is 0 Å². The van der Waals surface area contributed by atoms with E-state index in [0.717, 1.165) is 7.06 Å². The molecule has 0 rings (SSSR count). The Bertz CT molecular complexity index is 1950. The molecule has 0 nitrogen and oxygen atoms in total. The van der Waals surface area contributed by atoms with Gasteiger partial charge in [-0.2, -0.15) is 0 Å². The highest BCUT2D eigenvalue weighted by atomic mass is 31.1. The Hall–Kier alpha value is 7.70. The van der Waals surface area contributed by atoms with Gasteiger partial charge in [0.25, 0.3) is 0 Å². The van der Waals surface area contributed by atoms with E-state index in [4.69, 9.17) is 441 Å². The molecule has 0 saturated heterocycles. The van der Waals surface area contributed by atoms with Crippen molar-refractivity contribution in [1.29, 1.82) is 0 Å². The van der Waals surface area contributed by atoms with E-state index in [-0.39, 0.29) is 0 Å². The Balaban J connectivity index is 15.9. The SMILES string of the molecule is [B][B]B(B([B])[B])B(B([B])[B])B(B(B([B])[B])B([B])[B])B(B(B(B(B([B])[B])B([B])[B])B(B([B])[B])B([B])[B])B(B(B([B])[B])B([B])[B])B(B([B])[B])B([B])[B])P(B(B(B(B([B])[B])B([B])[B])B(B([B])[B])B([B])[B])B(B(B([B])[B])B([B])[B])B(B([B])[B])B([B])[B])B(B(B(B([B])[B])B([B])[B])B(B([B])[B])B([B])[B])B(B(B([B])[B])B([B])[B])B(B([B])[B])B([B])[B]. The van der Waals surface area contributed by atoms with Crippen LogP contribution in [0.4, 0.5) is 0 Å². The highest BCUT2D eigenvalue weighted by Gasteiger charge is 2.69. The van der Waals surface area contributed by atoms with E-state index in [1.54, 1.807) is 0 Å². The summed E-state index contributed by atoms with van der Waals surface area (Å²) in [6, 6.07) is 0. The molecule has 113 heavy (non-hydrogen) atoms. The Morgan fingerprint density at radius 1 is 0.106 bits per heavy atom. The van der Waals surface area contributed by atoms with Gasteiger partial charge in [0.2, 0.25) is 0 Å². The first-order chi connectivity index (χ1) is 51.4. The lowest BCUT2D eigenvalue weighted by molar-refractivity contribution is 3.18. The molecular weight excluding hydrogens is 1240 g/mol. The summed E-state index contributed by atoms with van der Waals surface area (Å²) in [7, 11) is 411. The Kier molecular flexibility index (Phi) is 59.7. The molecule has 0 aromatic rings. The maximum atomic E-state index is 7.50. The number of hydrogen-bond donors (Lipinski definition) is 0. The van der Waals surface area contributed by atoms with Crippen molar-refractivity contribution in [3.63, 3.8) is 0 Å². The fraction of sp³-hybridized carbons (Fsp3) is 0. The van der Waals surface area contributed by atoms with Crippen LogP contribution in [0.2, 0.25) is 0 Å². The van der Waals surface area contributed by atoms with Crippen molar-refractivity contribution < 1.29 is 0 Å². The molecule has 0 aromatic heterocycles. The lowest BCUT2D eigenvalue weighted by Crippen LogP contribution is -2.95. The van der Waals surface area contributed by atoms with Crippen molar-refractivity contribution in [2.45, 2.75) is 0 Å². The molecule has 0 atom stereocenters. The third kappa shape index (κ3) is 32.6. The average molecular weight is 1240 g/mol. The summed E-state index contributed by atoms with van der Waals surface area (Å²) in [6.45, 7) is 0. The molecule has 0 N–H and O–H groups in total. The maximum Gasteiger partial charge on any atom is 0.0527 e. The molecule has 113 heteroatoms. The fourth-order valence-corrected chi connectivity index (χ4v) is 25.6.